The van der Waals surface area contributed by atoms with Gasteiger partial charge in [0.1, 0.15) is 11.4 Å². The number of carboxylic acid groups (broad SMARTS) is 1. The fourth-order valence-electron chi connectivity index (χ4n) is 4.45. The highest BCUT2D eigenvalue weighted by atomic mass is 16.6. The third-order valence-electron chi connectivity index (χ3n) is 6.70. The number of hydrogen-bond acceptors (Lipinski definition) is 4. The summed E-state index contributed by atoms with van der Waals surface area (Å²) in [5.74, 6) is 2.20. The SMILES string of the molecule is CC1(OC(=O)N2CCC(C3CC3CCOc3ccc(CC(=O)O)cc3)CC2)CC1. The Morgan fingerprint density at radius 2 is 1.86 bits per heavy atom. The van der Waals surface area contributed by atoms with Crippen molar-refractivity contribution in [2.24, 2.45) is 17.8 Å². The lowest BCUT2D eigenvalue weighted by atomic mass is 9.91. The largest absolute Gasteiger partial charge is 0.494 e. The van der Waals surface area contributed by atoms with Crippen LogP contribution in [0.1, 0.15) is 51.0 Å². The van der Waals surface area contributed by atoms with Gasteiger partial charge in [0.25, 0.3) is 0 Å². The maximum atomic E-state index is 12.2. The van der Waals surface area contributed by atoms with Gasteiger partial charge in [-0.3, -0.25) is 4.79 Å². The first kappa shape index (κ1) is 20.0. The summed E-state index contributed by atoms with van der Waals surface area (Å²) in [6.07, 6.45) is 6.40. The summed E-state index contributed by atoms with van der Waals surface area (Å²) in [7, 11) is 0. The molecule has 0 spiro atoms. The zero-order valence-corrected chi connectivity index (χ0v) is 17.1. The van der Waals surface area contributed by atoms with Gasteiger partial charge in [-0.25, -0.2) is 4.79 Å². The molecule has 158 valence electrons. The van der Waals surface area contributed by atoms with Crippen molar-refractivity contribution in [3.05, 3.63) is 29.8 Å². The molecule has 29 heavy (non-hydrogen) atoms. The number of benzene rings is 1. The van der Waals surface area contributed by atoms with Crippen LogP contribution < -0.4 is 4.74 Å². The lowest BCUT2D eigenvalue weighted by Gasteiger charge is -2.32. The maximum absolute atomic E-state index is 12.2. The van der Waals surface area contributed by atoms with Crippen molar-refractivity contribution in [3.63, 3.8) is 0 Å². The van der Waals surface area contributed by atoms with Gasteiger partial charge in [-0.2, -0.15) is 0 Å². The third kappa shape index (κ3) is 5.43. The van der Waals surface area contributed by atoms with Gasteiger partial charge >= 0.3 is 12.1 Å². The lowest BCUT2D eigenvalue weighted by Crippen LogP contribution is -2.40. The van der Waals surface area contributed by atoms with E-state index in [0.29, 0.717) is 6.61 Å². The summed E-state index contributed by atoms with van der Waals surface area (Å²) >= 11 is 0. The van der Waals surface area contributed by atoms with Crippen LogP contribution in [0.25, 0.3) is 0 Å². The van der Waals surface area contributed by atoms with E-state index in [0.717, 1.165) is 74.3 Å². The van der Waals surface area contributed by atoms with Gasteiger partial charge in [0.05, 0.1) is 13.0 Å². The number of nitrogens with zero attached hydrogens (tertiary/aromatic N) is 1. The number of piperidine rings is 1. The van der Waals surface area contributed by atoms with Crippen molar-refractivity contribution in [2.45, 2.75) is 57.5 Å². The van der Waals surface area contributed by atoms with Gasteiger partial charge < -0.3 is 19.5 Å². The molecule has 1 heterocycles. The zero-order valence-electron chi connectivity index (χ0n) is 17.1. The molecule has 2 unspecified atom stereocenters. The van der Waals surface area contributed by atoms with Gasteiger partial charge in [-0.15, -0.1) is 0 Å². The van der Waals surface area contributed by atoms with Crippen LogP contribution in [0.3, 0.4) is 0 Å². The maximum Gasteiger partial charge on any atom is 0.410 e. The first-order valence-corrected chi connectivity index (χ1v) is 10.8. The summed E-state index contributed by atoms with van der Waals surface area (Å²) in [5, 5.41) is 8.81. The number of likely N-dealkylation sites (tertiary alicyclic amines) is 1. The van der Waals surface area contributed by atoms with Crippen molar-refractivity contribution in [2.75, 3.05) is 19.7 Å². The molecule has 1 saturated heterocycles. The first-order chi connectivity index (χ1) is 13.9. The summed E-state index contributed by atoms with van der Waals surface area (Å²) in [6.45, 7) is 4.35. The molecule has 1 aromatic carbocycles. The summed E-state index contributed by atoms with van der Waals surface area (Å²) in [4.78, 5) is 24.8. The minimum atomic E-state index is -0.821. The minimum Gasteiger partial charge on any atom is -0.494 e. The van der Waals surface area contributed by atoms with Gasteiger partial charge in [0, 0.05) is 13.1 Å². The number of hydrogen-bond donors (Lipinski definition) is 1. The number of aliphatic carboxylic acids is 1. The monoisotopic (exact) mass is 401 g/mol. The normalized spacial score (nSPS) is 25.3. The van der Waals surface area contributed by atoms with E-state index in [1.54, 1.807) is 0 Å². The number of rotatable bonds is 8. The van der Waals surface area contributed by atoms with Crippen LogP contribution in [0.5, 0.6) is 5.75 Å². The van der Waals surface area contributed by atoms with E-state index in [9.17, 15) is 9.59 Å². The molecule has 6 heteroatoms. The highest BCUT2D eigenvalue weighted by molar-refractivity contribution is 5.70. The fraction of sp³-hybridized carbons (Fsp3) is 0.652. The molecule has 4 rings (SSSR count). The fourth-order valence-corrected chi connectivity index (χ4v) is 4.45. The van der Waals surface area contributed by atoms with Gasteiger partial charge in [0.15, 0.2) is 0 Å². The molecule has 3 aliphatic rings. The zero-order chi connectivity index (χ0) is 20.4. The van der Waals surface area contributed by atoms with E-state index in [4.69, 9.17) is 14.6 Å². The second kappa shape index (κ2) is 8.25. The first-order valence-electron chi connectivity index (χ1n) is 10.8. The van der Waals surface area contributed by atoms with Gasteiger partial charge in [0.2, 0.25) is 0 Å². The predicted octanol–water partition coefficient (Wildman–Crippen LogP) is 4.12. The molecule has 6 nitrogen and oxygen atoms in total. The van der Waals surface area contributed by atoms with E-state index in [2.05, 4.69) is 0 Å². The molecule has 0 aromatic heterocycles. The van der Waals surface area contributed by atoms with E-state index in [1.165, 1.54) is 6.42 Å². The van der Waals surface area contributed by atoms with Crippen LogP contribution in [0, 0.1) is 17.8 Å². The van der Waals surface area contributed by atoms with Crippen LogP contribution >= 0.6 is 0 Å². The van der Waals surface area contributed by atoms with Crippen LogP contribution in [-0.4, -0.2) is 47.4 Å². The average molecular weight is 402 g/mol. The molecule has 3 fully saturated rings. The molecule has 1 amide bonds. The quantitative estimate of drug-likeness (QED) is 0.709. The molecule has 0 radical (unpaired) electrons. The Bertz CT molecular complexity index is 734. The van der Waals surface area contributed by atoms with Gasteiger partial charge in [-0.05, 0) is 80.9 Å². The second-order valence-corrected chi connectivity index (χ2v) is 9.15. The van der Waals surface area contributed by atoms with Crippen LogP contribution in [0.15, 0.2) is 24.3 Å². The number of ether oxygens (including phenoxy) is 2. The summed E-state index contributed by atoms with van der Waals surface area (Å²) in [5.41, 5.74) is 0.597. The molecule has 0 bridgehead atoms. The van der Waals surface area contributed by atoms with E-state index >= 15 is 0 Å². The Kier molecular flexibility index (Phi) is 5.70. The molecule has 2 saturated carbocycles. The molecule has 1 N–H and O–H groups in total. The van der Waals surface area contributed by atoms with Crippen molar-refractivity contribution >= 4 is 12.1 Å². The Balaban J connectivity index is 1.12. The standard InChI is InChI=1S/C23H31NO5/c1-23(9-10-23)29-22(27)24-11-6-17(7-12-24)20-15-18(20)8-13-28-19-4-2-16(3-5-19)14-21(25)26/h2-5,17-18,20H,6-15H2,1H3,(H,25,26). The Morgan fingerprint density at radius 3 is 2.48 bits per heavy atom. The number of carbonyl (C=O) groups excluding carboxylic acids is 1. The molecular weight excluding hydrogens is 370 g/mol. The highest BCUT2D eigenvalue weighted by Crippen LogP contribution is 2.50. The topological polar surface area (TPSA) is 76.1 Å². The van der Waals surface area contributed by atoms with Crippen molar-refractivity contribution in [1.82, 2.24) is 4.90 Å². The molecule has 2 aliphatic carbocycles. The van der Waals surface area contributed by atoms with Crippen LogP contribution in [0.2, 0.25) is 0 Å². The Morgan fingerprint density at radius 1 is 1.17 bits per heavy atom. The van der Waals surface area contributed by atoms with E-state index < -0.39 is 5.97 Å². The Labute approximate surface area is 172 Å². The number of carbonyl (C=O) groups is 2. The van der Waals surface area contributed by atoms with E-state index in [1.807, 2.05) is 36.1 Å². The molecule has 1 aliphatic heterocycles. The molecule has 2 atom stereocenters. The molecule has 1 aromatic rings. The Hall–Kier alpha value is -2.24. The predicted molar refractivity (Wildman–Crippen MR) is 108 cm³/mol. The van der Waals surface area contributed by atoms with Crippen molar-refractivity contribution in [1.29, 1.82) is 0 Å². The lowest BCUT2D eigenvalue weighted by molar-refractivity contribution is -0.136. The smallest absolute Gasteiger partial charge is 0.410 e. The van der Waals surface area contributed by atoms with Crippen LogP contribution in [0.4, 0.5) is 4.79 Å². The summed E-state index contributed by atoms with van der Waals surface area (Å²) in [6, 6.07) is 7.32. The second-order valence-electron chi connectivity index (χ2n) is 9.15. The van der Waals surface area contributed by atoms with Crippen LogP contribution in [-0.2, 0) is 16.0 Å². The minimum absolute atomic E-state index is 0.0416. The average Bonchev–Trinajstić information content (AvgIpc) is 3.61. The molecular formula is C23H31NO5. The number of amides is 1. The van der Waals surface area contributed by atoms with Gasteiger partial charge in [-0.1, -0.05) is 12.1 Å². The van der Waals surface area contributed by atoms with E-state index in [-0.39, 0.29) is 18.1 Å². The van der Waals surface area contributed by atoms with Crippen molar-refractivity contribution < 1.29 is 24.2 Å². The summed E-state index contributed by atoms with van der Waals surface area (Å²) < 4.78 is 11.4. The van der Waals surface area contributed by atoms with Crippen molar-refractivity contribution in [3.8, 4) is 5.75 Å². The number of carboxylic acids is 1. The highest BCUT2D eigenvalue weighted by Gasteiger charge is 2.45. The third-order valence-corrected chi connectivity index (χ3v) is 6.70.